The highest BCUT2D eigenvalue weighted by molar-refractivity contribution is 5.91. The van der Waals surface area contributed by atoms with E-state index in [1.54, 1.807) is 5.57 Å². The molecule has 0 aromatic carbocycles. The second-order valence-electron chi connectivity index (χ2n) is 11.1. The number of hydrogen-bond donors (Lipinski definition) is 0. The van der Waals surface area contributed by atoms with Crippen LogP contribution in [-0.2, 0) is 9.53 Å². The fourth-order valence-corrected chi connectivity index (χ4v) is 9.61. The lowest BCUT2D eigenvalue weighted by Crippen LogP contribution is -2.56. The summed E-state index contributed by atoms with van der Waals surface area (Å²) in [6.45, 7) is 3.29. The van der Waals surface area contributed by atoms with Crippen molar-refractivity contribution in [3.63, 3.8) is 0 Å². The molecule has 7 rings (SSSR count). The van der Waals surface area contributed by atoms with Crippen LogP contribution in [0.1, 0.15) is 64.7 Å². The van der Waals surface area contributed by atoms with E-state index in [9.17, 15) is 4.79 Å². The van der Waals surface area contributed by atoms with Crippen molar-refractivity contribution < 1.29 is 9.53 Å². The summed E-state index contributed by atoms with van der Waals surface area (Å²) in [5, 5.41) is 0. The Bertz CT molecular complexity index is 788. The van der Waals surface area contributed by atoms with Crippen LogP contribution in [0.5, 0.6) is 0 Å². The number of ether oxygens (including phenoxy) is 1. The average molecular weight is 365 g/mol. The quantitative estimate of drug-likeness (QED) is 0.606. The minimum Gasteiger partial charge on any atom is -0.366 e. The molecule has 8 atom stereocenters. The van der Waals surface area contributed by atoms with Crippen LogP contribution in [0.2, 0.25) is 0 Å². The molecule has 0 N–H and O–H groups in total. The molecule has 0 aromatic rings. The predicted octanol–water partition coefficient (Wildman–Crippen LogP) is 5.09. The molecular formula is C25H32O2. The van der Waals surface area contributed by atoms with Gasteiger partial charge in [-0.2, -0.15) is 0 Å². The minimum atomic E-state index is 0.0808. The number of carbonyl (C=O) groups is 1. The highest BCUT2D eigenvalue weighted by Crippen LogP contribution is 2.80. The van der Waals surface area contributed by atoms with Gasteiger partial charge in [0.1, 0.15) is 0 Å². The normalized spacial score (nSPS) is 55.7. The summed E-state index contributed by atoms with van der Waals surface area (Å²) in [4.78, 5) is 12.2. The van der Waals surface area contributed by atoms with Crippen molar-refractivity contribution in [3.05, 3.63) is 23.8 Å². The molecule has 144 valence electrons. The van der Waals surface area contributed by atoms with Gasteiger partial charge in [-0.05, 0) is 98.4 Å². The molecule has 0 bridgehead atoms. The fourth-order valence-electron chi connectivity index (χ4n) is 9.61. The lowest BCUT2D eigenvalue weighted by atomic mass is 9.46. The largest absolute Gasteiger partial charge is 0.366 e. The topological polar surface area (TPSA) is 26.3 Å². The summed E-state index contributed by atoms with van der Waals surface area (Å²) in [7, 11) is 0. The molecule has 2 spiro atoms. The first-order chi connectivity index (χ1) is 13.1. The third-order valence-corrected chi connectivity index (χ3v) is 10.6. The van der Waals surface area contributed by atoms with Crippen LogP contribution >= 0.6 is 0 Å². The van der Waals surface area contributed by atoms with Gasteiger partial charge in [-0.1, -0.05) is 24.6 Å². The third-order valence-electron chi connectivity index (χ3n) is 10.6. The van der Waals surface area contributed by atoms with Crippen molar-refractivity contribution in [2.45, 2.75) is 70.3 Å². The molecule has 5 saturated carbocycles. The zero-order chi connectivity index (χ0) is 18.0. The monoisotopic (exact) mass is 364 g/mol. The molecule has 2 heteroatoms. The van der Waals surface area contributed by atoms with Crippen LogP contribution in [0.15, 0.2) is 23.8 Å². The van der Waals surface area contributed by atoms with Crippen LogP contribution in [-0.4, -0.2) is 18.0 Å². The molecule has 1 aliphatic heterocycles. The van der Waals surface area contributed by atoms with E-state index in [0.29, 0.717) is 16.6 Å². The maximum atomic E-state index is 12.2. The Labute approximate surface area is 162 Å². The standard InChI is InChI=1S/C25H32O2/c1-2-24-8-6-16-17-5-4-15(26)12-20(17)23(9-10-23)14-19(16)22(24)18-13-21(18)25(24)7-3-11-27-25/h3,7,12,16-19,21-22H,2,4-6,8-11,13-14H2,1H3/t16?,17-,18?,19?,21+,22?,24+,25+/m1/s1. The number of ketones is 1. The Balaban J connectivity index is 1.33. The van der Waals surface area contributed by atoms with E-state index in [4.69, 9.17) is 4.74 Å². The van der Waals surface area contributed by atoms with E-state index >= 15 is 0 Å². The van der Waals surface area contributed by atoms with Crippen LogP contribution in [0.25, 0.3) is 0 Å². The van der Waals surface area contributed by atoms with Crippen molar-refractivity contribution in [2.24, 2.45) is 46.3 Å². The van der Waals surface area contributed by atoms with Crippen LogP contribution in [0, 0.1) is 46.3 Å². The van der Waals surface area contributed by atoms with Gasteiger partial charge in [-0.25, -0.2) is 0 Å². The SMILES string of the molecule is CC[C@]12CCC3C(CC4(CC4)C4=CC(=O)CC[C@@H]43)C1C1C[C@@H]1[C@@]21C=CCO1. The Morgan fingerprint density at radius 1 is 1.15 bits per heavy atom. The van der Waals surface area contributed by atoms with E-state index in [2.05, 4.69) is 25.2 Å². The summed E-state index contributed by atoms with van der Waals surface area (Å²) in [6, 6.07) is 0. The van der Waals surface area contributed by atoms with E-state index < -0.39 is 0 Å². The Morgan fingerprint density at radius 2 is 2.04 bits per heavy atom. The summed E-state index contributed by atoms with van der Waals surface area (Å²) in [6.07, 6.45) is 18.4. The number of carbonyl (C=O) groups excluding carboxylic acids is 1. The van der Waals surface area contributed by atoms with Gasteiger partial charge < -0.3 is 4.74 Å². The highest BCUT2D eigenvalue weighted by atomic mass is 16.5. The summed E-state index contributed by atoms with van der Waals surface area (Å²) >= 11 is 0. The molecule has 0 radical (unpaired) electrons. The fraction of sp³-hybridized carbons (Fsp3) is 0.800. The first-order valence-electron chi connectivity index (χ1n) is 11.7. The number of hydrogen-bond acceptors (Lipinski definition) is 2. The Morgan fingerprint density at radius 3 is 2.78 bits per heavy atom. The predicted molar refractivity (Wildman–Crippen MR) is 104 cm³/mol. The van der Waals surface area contributed by atoms with Gasteiger partial charge in [0.2, 0.25) is 0 Å². The molecule has 0 amide bonds. The van der Waals surface area contributed by atoms with Gasteiger partial charge in [0, 0.05) is 11.8 Å². The molecule has 6 aliphatic carbocycles. The lowest BCUT2D eigenvalue weighted by molar-refractivity contribution is -0.146. The van der Waals surface area contributed by atoms with Crippen molar-refractivity contribution in [3.8, 4) is 0 Å². The zero-order valence-corrected chi connectivity index (χ0v) is 16.6. The van der Waals surface area contributed by atoms with Crippen LogP contribution < -0.4 is 0 Å². The van der Waals surface area contributed by atoms with Crippen LogP contribution in [0.4, 0.5) is 0 Å². The van der Waals surface area contributed by atoms with E-state index in [-0.39, 0.29) is 5.60 Å². The maximum absolute atomic E-state index is 12.2. The van der Waals surface area contributed by atoms with Gasteiger partial charge in [0.25, 0.3) is 0 Å². The molecular weight excluding hydrogens is 332 g/mol. The second-order valence-corrected chi connectivity index (χ2v) is 11.1. The number of rotatable bonds is 1. The molecule has 7 aliphatic rings. The molecule has 5 fully saturated rings. The average Bonchev–Trinajstić information content (AvgIpc) is 3.58. The van der Waals surface area contributed by atoms with E-state index in [1.165, 1.54) is 44.9 Å². The van der Waals surface area contributed by atoms with Gasteiger partial charge in [-0.3, -0.25) is 4.79 Å². The van der Waals surface area contributed by atoms with Crippen molar-refractivity contribution in [1.82, 2.24) is 0 Å². The minimum absolute atomic E-state index is 0.0808. The highest BCUT2D eigenvalue weighted by Gasteiger charge is 2.78. The molecule has 2 nitrogen and oxygen atoms in total. The van der Waals surface area contributed by atoms with Gasteiger partial charge in [-0.15, -0.1) is 0 Å². The Kier molecular flexibility index (Phi) is 2.84. The number of fused-ring (bicyclic) bond motifs is 10. The summed E-state index contributed by atoms with van der Waals surface area (Å²) < 4.78 is 6.62. The smallest absolute Gasteiger partial charge is 0.155 e. The van der Waals surface area contributed by atoms with Crippen molar-refractivity contribution in [2.75, 3.05) is 6.61 Å². The van der Waals surface area contributed by atoms with E-state index in [1.807, 2.05) is 0 Å². The summed E-state index contributed by atoms with van der Waals surface area (Å²) in [5.41, 5.74) is 2.53. The van der Waals surface area contributed by atoms with Gasteiger partial charge in [0.05, 0.1) is 12.2 Å². The maximum Gasteiger partial charge on any atom is 0.155 e. The number of allylic oxidation sites excluding steroid dienone is 1. The van der Waals surface area contributed by atoms with E-state index in [0.717, 1.165) is 55.0 Å². The van der Waals surface area contributed by atoms with Crippen molar-refractivity contribution >= 4 is 5.78 Å². The first kappa shape index (κ1) is 16.0. The molecule has 27 heavy (non-hydrogen) atoms. The lowest BCUT2D eigenvalue weighted by Gasteiger charge is -2.59. The van der Waals surface area contributed by atoms with Gasteiger partial charge in [0.15, 0.2) is 5.78 Å². The second kappa shape index (κ2) is 4.81. The Hall–Kier alpha value is -0.890. The third kappa shape index (κ3) is 1.69. The van der Waals surface area contributed by atoms with Crippen LogP contribution in [0.3, 0.4) is 0 Å². The van der Waals surface area contributed by atoms with Gasteiger partial charge >= 0.3 is 0 Å². The molecule has 4 unspecified atom stereocenters. The summed E-state index contributed by atoms with van der Waals surface area (Å²) in [5.74, 6) is 5.49. The first-order valence-corrected chi connectivity index (χ1v) is 11.7. The molecule has 0 aromatic heterocycles. The molecule has 0 saturated heterocycles. The molecule has 1 heterocycles. The van der Waals surface area contributed by atoms with Crippen molar-refractivity contribution in [1.29, 1.82) is 0 Å². The zero-order valence-electron chi connectivity index (χ0n) is 16.6.